The molecule has 2 nitrogen and oxygen atoms in total. The van der Waals surface area contributed by atoms with Gasteiger partial charge in [-0.1, -0.05) is 48.9 Å². The Bertz CT molecular complexity index is 653. The normalized spacial score (nSPS) is 10.3. The van der Waals surface area contributed by atoms with E-state index in [0.717, 1.165) is 17.8 Å². The maximum Gasteiger partial charge on any atom is 0.105 e. The van der Waals surface area contributed by atoms with E-state index in [4.69, 9.17) is 29.6 Å². The SMILES string of the molecule is CCc1cccc(C)c1Nc1ccc(C(N)=S)c(Cl)c1. The third kappa shape index (κ3) is 3.11. The molecule has 0 spiro atoms. The molecule has 0 fully saturated rings. The molecule has 3 N–H and O–H groups in total. The highest BCUT2D eigenvalue weighted by Gasteiger charge is 2.07. The predicted octanol–water partition coefficient (Wildman–Crippen LogP) is 4.59. The second-order valence-corrected chi connectivity index (χ2v) is 5.49. The van der Waals surface area contributed by atoms with Crippen LogP contribution in [0, 0.1) is 6.92 Å². The summed E-state index contributed by atoms with van der Waals surface area (Å²) in [6.45, 7) is 4.23. The van der Waals surface area contributed by atoms with Crippen molar-refractivity contribution in [3.8, 4) is 0 Å². The molecule has 0 saturated heterocycles. The van der Waals surface area contributed by atoms with E-state index in [-0.39, 0.29) is 0 Å². The summed E-state index contributed by atoms with van der Waals surface area (Å²) in [5, 5.41) is 3.99. The Labute approximate surface area is 130 Å². The van der Waals surface area contributed by atoms with Crippen molar-refractivity contribution < 1.29 is 0 Å². The summed E-state index contributed by atoms with van der Waals surface area (Å²) in [5.41, 5.74) is 10.9. The molecule has 0 aliphatic carbocycles. The molecule has 0 heterocycles. The number of hydrogen-bond acceptors (Lipinski definition) is 2. The van der Waals surface area contributed by atoms with Crippen LogP contribution in [0.25, 0.3) is 0 Å². The van der Waals surface area contributed by atoms with E-state index in [0.29, 0.717) is 15.6 Å². The van der Waals surface area contributed by atoms with E-state index in [1.807, 2.05) is 18.2 Å². The lowest BCUT2D eigenvalue weighted by atomic mass is 10.1. The monoisotopic (exact) mass is 304 g/mol. The van der Waals surface area contributed by atoms with E-state index < -0.39 is 0 Å². The smallest absolute Gasteiger partial charge is 0.105 e. The maximum absolute atomic E-state index is 6.20. The summed E-state index contributed by atoms with van der Waals surface area (Å²) in [6.07, 6.45) is 0.975. The fourth-order valence-electron chi connectivity index (χ4n) is 2.14. The number of thiocarbonyl (C=S) groups is 1. The van der Waals surface area contributed by atoms with Gasteiger partial charge in [0.05, 0.1) is 5.02 Å². The minimum absolute atomic E-state index is 0.312. The standard InChI is InChI=1S/C16H17ClN2S/c1-3-11-6-4-5-10(2)15(11)19-12-7-8-13(16(18)20)14(17)9-12/h4-9,19H,3H2,1-2H3,(H2,18,20). The van der Waals surface area contributed by atoms with Crippen LogP contribution in [0.1, 0.15) is 23.6 Å². The number of aryl methyl sites for hydroxylation is 2. The zero-order valence-corrected chi connectivity index (χ0v) is 13.1. The molecule has 0 saturated carbocycles. The van der Waals surface area contributed by atoms with Gasteiger partial charge < -0.3 is 11.1 Å². The highest BCUT2D eigenvalue weighted by molar-refractivity contribution is 7.80. The zero-order chi connectivity index (χ0) is 14.7. The molecule has 0 amide bonds. The summed E-state index contributed by atoms with van der Waals surface area (Å²) >= 11 is 11.2. The largest absolute Gasteiger partial charge is 0.389 e. The minimum Gasteiger partial charge on any atom is -0.389 e. The van der Waals surface area contributed by atoms with Crippen LogP contribution >= 0.6 is 23.8 Å². The highest BCUT2D eigenvalue weighted by atomic mass is 35.5. The molecule has 0 bridgehead atoms. The average Bonchev–Trinajstić information content (AvgIpc) is 2.40. The maximum atomic E-state index is 6.20. The van der Waals surface area contributed by atoms with Crippen molar-refractivity contribution in [3.05, 3.63) is 58.1 Å². The first-order chi connectivity index (χ1) is 9.52. The summed E-state index contributed by atoms with van der Waals surface area (Å²) < 4.78 is 0. The molecule has 4 heteroatoms. The summed E-state index contributed by atoms with van der Waals surface area (Å²) in [5.74, 6) is 0. The zero-order valence-electron chi connectivity index (χ0n) is 11.5. The quantitative estimate of drug-likeness (QED) is 0.811. The first-order valence-corrected chi connectivity index (χ1v) is 7.26. The molecule has 0 radical (unpaired) electrons. The van der Waals surface area contributed by atoms with Crippen molar-refractivity contribution in [2.75, 3.05) is 5.32 Å². The Morgan fingerprint density at radius 1 is 1.30 bits per heavy atom. The van der Waals surface area contributed by atoms with E-state index in [9.17, 15) is 0 Å². The van der Waals surface area contributed by atoms with Crippen molar-refractivity contribution in [2.45, 2.75) is 20.3 Å². The molecule has 2 aromatic rings. The van der Waals surface area contributed by atoms with Gasteiger partial charge in [-0.3, -0.25) is 0 Å². The van der Waals surface area contributed by atoms with Gasteiger partial charge in [0.1, 0.15) is 4.99 Å². The molecule has 0 aliphatic heterocycles. The van der Waals surface area contributed by atoms with Crippen LogP contribution in [0.15, 0.2) is 36.4 Å². The molecular formula is C16H17ClN2S. The first kappa shape index (κ1) is 14.8. The second kappa shape index (κ2) is 6.25. The van der Waals surface area contributed by atoms with Crippen LogP contribution in [-0.2, 0) is 6.42 Å². The fourth-order valence-corrected chi connectivity index (χ4v) is 2.66. The Morgan fingerprint density at radius 3 is 2.65 bits per heavy atom. The Balaban J connectivity index is 2.36. The Hall–Kier alpha value is -1.58. The number of rotatable bonds is 4. The fraction of sp³-hybridized carbons (Fsp3) is 0.188. The number of benzene rings is 2. The van der Waals surface area contributed by atoms with Crippen molar-refractivity contribution in [1.29, 1.82) is 0 Å². The molecule has 0 aromatic heterocycles. The number of para-hydroxylation sites is 1. The Kier molecular flexibility index (Phi) is 4.63. The molecule has 0 aliphatic rings. The van der Waals surface area contributed by atoms with Gasteiger partial charge in [-0.25, -0.2) is 0 Å². The molecular weight excluding hydrogens is 288 g/mol. The van der Waals surface area contributed by atoms with Gasteiger partial charge in [0.2, 0.25) is 0 Å². The van der Waals surface area contributed by atoms with Crippen molar-refractivity contribution in [3.63, 3.8) is 0 Å². The van der Waals surface area contributed by atoms with Gasteiger partial charge in [0.25, 0.3) is 0 Å². The highest BCUT2D eigenvalue weighted by Crippen LogP contribution is 2.28. The van der Waals surface area contributed by atoms with E-state index >= 15 is 0 Å². The number of hydrogen-bond donors (Lipinski definition) is 2. The van der Waals surface area contributed by atoms with Crippen LogP contribution in [0.4, 0.5) is 11.4 Å². The lowest BCUT2D eigenvalue weighted by molar-refractivity contribution is 1.13. The number of anilines is 2. The molecule has 104 valence electrons. The van der Waals surface area contributed by atoms with Gasteiger partial charge >= 0.3 is 0 Å². The number of halogens is 1. The third-order valence-corrected chi connectivity index (χ3v) is 3.78. The van der Waals surface area contributed by atoms with Crippen molar-refractivity contribution in [2.24, 2.45) is 5.73 Å². The van der Waals surface area contributed by atoms with Crippen LogP contribution in [-0.4, -0.2) is 4.99 Å². The first-order valence-electron chi connectivity index (χ1n) is 6.47. The van der Waals surface area contributed by atoms with Crippen LogP contribution in [0.3, 0.4) is 0 Å². The summed E-state index contributed by atoms with van der Waals surface area (Å²) in [4.78, 5) is 0.312. The Morgan fingerprint density at radius 2 is 2.05 bits per heavy atom. The van der Waals surface area contributed by atoms with Gasteiger partial charge in [-0.2, -0.15) is 0 Å². The number of nitrogens with one attached hydrogen (secondary N) is 1. The predicted molar refractivity (Wildman–Crippen MR) is 91.2 cm³/mol. The lowest BCUT2D eigenvalue weighted by Crippen LogP contribution is -2.10. The average molecular weight is 305 g/mol. The molecule has 0 unspecified atom stereocenters. The lowest BCUT2D eigenvalue weighted by Gasteiger charge is -2.15. The third-order valence-electron chi connectivity index (χ3n) is 3.24. The number of nitrogens with two attached hydrogens (primary N) is 1. The summed E-state index contributed by atoms with van der Waals surface area (Å²) in [7, 11) is 0. The molecule has 0 atom stereocenters. The summed E-state index contributed by atoms with van der Waals surface area (Å²) in [6, 6.07) is 11.9. The van der Waals surface area contributed by atoms with Gasteiger partial charge in [0, 0.05) is 16.9 Å². The van der Waals surface area contributed by atoms with Gasteiger partial charge in [-0.05, 0) is 42.7 Å². The topological polar surface area (TPSA) is 38.0 Å². The molecule has 20 heavy (non-hydrogen) atoms. The second-order valence-electron chi connectivity index (χ2n) is 4.65. The molecule has 2 aromatic carbocycles. The molecule has 2 rings (SSSR count). The van der Waals surface area contributed by atoms with Crippen LogP contribution in [0.5, 0.6) is 0 Å². The van der Waals surface area contributed by atoms with Crippen molar-refractivity contribution in [1.82, 2.24) is 0 Å². The van der Waals surface area contributed by atoms with E-state index in [1.54, 1.807) is 0 Å². The van der Waals surface area contributed by atoms with E-state index in [1.165, 1.54) is 11.1 Å². The van der Waals surface area contributed by atoms with Gasteiger partial charge in [0.15, 0.2) is 0 Å². The minimum atomic E-state index is 0.312. The van der Waals surface area contributed by atoms with Gasteiger partial charge in [-0.15, -0.1) is 0 Å². The van der Waals surface area contributed by atoms with Crippen molar-refractivity contribution >= 4 is 40.2 Å². The van der Waals surface area contributed by atoms with Crippen LogP contribution in [0.2, 0.25) is 5.02 Å². The van der Waals surface area contributed by atoms with E-state index in [2.05, 4.69) is 37.4 Å². The van der Waals surface area contributed by atoms with Crippen LogP contribution < -0.4 is 11.1 Å².